The van der Waals surface area contributed by atoms with Crippen molar-refractivity contribution >= 4 is 5.91 Å². The smallest absolute Gasteiger partial charge is 0.222 e. The van der Waals surface area contributed by atoms with Crippen LogP contribution in [0.2, 0.25) is 0 Å². The van der Waals surface area contributed by atoms with E-state index in [0.29, 0.717) is 12.3 Å². The monoisotopic (exact) mass is 275 g/mol. The summed E-state index contributed by atoms with van der Waals surface area (Å²) in [6.45, 7) is 13.7. The van der Waals surface area contributed by atoms with Crippen LogP contribution < -0.4 is 0 Å². The summed E-state index contributed by atoms with van der Waals surface area (Å²) < 4.78 is 0. The Morgan fingerprint density at radius 3 is 2.15 bits per heavy atom. The first-order valence-corrected chi connectivity index (χ1v) is 7.65. The Bertz CT molecular complexity index is 422. The van der Waals surface area contributed by atoms with Crippen LogP contribution in [0.4, 0.5) is 0 Å². The molecular weight excluding hydrogens is 246 g/mol. The number of benzene rings is 1. The fourth-order valence-electron chi connectivity index (χ4n) is 2.48. The highest BCUT2D eigenvalue weighted by Crippen LogP contribution is 2.32. The van der Waals surface area contributed by atoms with Gasteiger partial charge in [-0.15, -0.1) is 0 Å². The summed E-state index contributed by atoms with van der Waals surface area (Å²) in [4.78, 5) is 14.1. The molecule has 0 heterocycles. The lowest BCUT2D eigenvalue weighted by Gasteiger charge is -2.38. The van der Waals surface area contributed by atoms with Gasteiger partial charge >= 0.3 is 0 Å². The summed E-state index contributed by atoms with van der Waals surface area (Å²) in [5.41, 5.74) is 1.39. The first-order valence-electron chi connectivity index (χ1n) is 7.65. The molecule has 0 aliphatic rings. The van der Waals surface area contributed by atoms with Crippen molar-refractivity contribution in [1.29, 1.82) is 0 Å². The zero-order valence-corrected chi connectivity index (χ0v) is 13.8. The average molecular weight is 275 g/mol. The summed E-state index contributed by atoms with van der Waals surface area (Å²) in [7, 11) is 0. The molecule has 0 radical (unpaired) electrons. The van der Waals surface area contributed by atoms with Gasteiger partial charge < -0.3 is 4.90 Å². The lowest BCUT2D eigenvalue weighted by molar-refractivity contribution is -0.133. The van der Waals surface area contributed by atoms with Crippen LogP contribution in [0.25, 0.3) is 0 Å². The summed E-state index contributed by atoms with van der Waals surface area (Å²) in [6.07, 6.45) is 0.580. The number of carbonyl (C=O) groups is 1. The molecular formula is C18H29NO. The Kier molecular flexibility index (Phi) is 5.79. The van der Waals surface area contributed by atoms with Gasteiger partial charge in [0.2, 0.25) is 5.91 Å². The van der Waals surface area contributed by atoms with Crippen LogP contribution in [-0.4, -0.2) is 23.4 Å². The van der Waals surface area contributed by atoms with Crippen molar-refractivity contribution in [2.24, 2.45) is 5.92 Å². The molecule has 0 aliphatic carbocycles. The Morgan fingerprint density at radius 2 is 1.70 bits per heavy atom. The zero-order chi connectivity index (χ0) is 15.3. The van der Waals surface area contributed by atoms with E-state index in [2.05, 4.69) is 58.9 Å². The number of rotatable bonds is 6. The predicted octanol–water partition coefficient (Wildman–Crippen LogP) is 4.25. The van der Waals surface area contributed by atoms with Gasteiger partial charge in [-0.1, -0.05) is 58.0 Å². The van der Waals surface area contributed by atoms with Crippen LogP contribution in [0.5, 0.6) is 0 Å². The van der Waals surface area contributed by atoms with Crippen molar-refractivity contribution in [2.45, 2.75) is 59.4 Å². The van der Waals surface area contributed by atoms with Crippen LogP contribution in [-0.2, 0) is 10.2 Å². The maximum Gasteiger partial charge on any atom is 0.222 e. The van der Waals surface area contributed by atoms with Gasteiger partial charge in [0.25, 0.3) is 0 Å². The standard InChI is InChI=1S/C18H29NO/c1-7-17(20)19(14(2)3)13-15(4)18(5,6)16-11-9-8-10-12-16/h8-12,14-15H,7,13H2,1-6H3. The number of hydrogen-bond acceptors (Lipinski definition) is 1. The van der Waals surface area contributed by atoms with Gasteiger partial charge in [-0.05, 0) is 30.7 Å². The second-order valence-electron chi connectivity index (χ2n) is 6.48. The second kappa shape index (κ2) is 6.92. The minimum atomic E-state index is 0.0580. The Labute approximate surface area is 124 Å². The lowest BCUT2D eigenvalue weighted by atomic mass is 9.74. The fraction of sp³-hybridized carbons (Fsp3) is 0.611. The van der Waals surface area contributed by atoms with Gasteiger partial charge in [0, 0.05) is 19.0 Å². The van der Waals surface area contributed by atoms with E-state index in [1.165, 1.54) is 5.56 Å². The third-order valence-corrected chi connectivity index (χ3v) is 4.47. The van der Waals surface area contributed by atoms with Crippen LogP contribution in [0.3, 0.4) is 0 Å². The molecule has 0 N–H and O–H groups in total. The zero-order valence-electron chi connectivity index (χ0n) is 13.8. The Hall–Kier alpha value is -1.31. The molecule has 20 heavy (non-hydrogen) atoms. The van der Waals surface area contributed by atoms with Crippen LogP contribution >= 0.6 is 0 Å². The average Bonchev–Trinajstić information content (AvgIpc) is 2.44. The third kappa shape index (κ3) is 3.84. The third-order valence-electron chi connectivity index (χ3n) is 4.47. The van der Waals surface area contributed by atoms with E-state index in [-0.39, 0.29) is 17.4 Å². The maximum absolute atomic E-state index is 12.1. The molecule has 0 aromatic heterocycles. The van der Waals surface area contributed by atoms with Crippen LogP contribution in [0.15, 0.2) is 30.3 Å². The number of amides is 1. The van der Waals surface area contributed by atoms with Crippen molar-refractivity contribution in [1.82, 2.24) is 4.90 Å². The molecule has 112 valence electrons. The van der Waals surface area contributed by atoms with Crippen LogP contribution in [0.1, 0.15) is 53.5 Å². The first-order chi connectivity index (χ1) is 9.30. The highest BCUT2D eigenvalue weighted by atomic mass is 16.2. The molecule has 1 rings (SSSR count). The molecule has 1 aromatic rings. The van der Waals surface area contributed by atoms with E-state index < -0.39 is 0 Å². The van der Waals surface area contributed by atoms with Crippen molar-refractivity contribution in [3.05, 3.63) is 35.9 Å². The van der Waals surface area contributed by atoms with Gasteiger partial charge in [0.1, 0.15) is 0 Å². The normalized spacial score (nSPS) is 13.3. The highest BCUT2D eigenvalue weighted by molar-refractivity contribution is 5.76. The molecule has 0 saturated heterocycles. The SMILES string of the molecule is CCC(=O)N(CC(C)C(C)(C)c1ccccc1)C(C)C. The Morgan fingerprint density at radius 1 is 1.15 bits per heavy atom. The quantitative estimate of drug-likeness (QED) is 0.760. The van der Waals surface area contributed by atoms with Gasteiger partial charge in [0.05, 0.1) is 0 Å². The molecule has 1 aromatic carbocycles. The highest BCUT2D eigenvalue weighted by Gasteiger charge is 2.30. The van der Waals surface area contributed by atoms with Gasteiger partial charge in [-0.2, -0.15) is 0 Å². The van der Waals surface area contributed by atoms with Gasteiger partial charge in [-0.25, -0.2) is 0 Å². The molecule has 0 saturated carbocycles. The summed E-state index contributed by atoms with van der Waals surface area (Å²) in [5, 5.41) is 0. The van der Waals surface area contributed by atoms with Crippen molar-refractivity contribution in [2.75, 3.05) is 6.54 Å². The van der Waals surface area contributed by atoms with E-state index in [1.807, 2.05) is 17.9 Å². The van der Waals surface area contributed by atoms with E-state index in [0.717, 1.165) is 6.54 Å². The number of carbonyl (C=O) groups excluding carboxylic acids is 1. The minimum Gasteiger partial charge on any atom is -0.340 e. The molecule has 1 unspecified atom stereocenters. The van der Waals surface area contributed by atoms with E-state index >= 15 is 0 Å². The van der Waals surface area contributed by atoms with Crippen molar-refractivity contribution in [3.63, 3.8) is 0 Å². The molecule has 2 heteroatoms. The number of nitrogens with zero attached hydrogens (tertiary/aromatic N) is 1. The molecule has 0 aliphatic heterocycles. The summed E-state index contributed by atoms with van der Waals surface area (Å²) >= 11 is 0. The molecule has 1 amide bonds. The second-order valence-corrected chi connectivity index (χ2v) is 6.48. The molecule has 0 spiro atoms. The Balaban J connectivity index is 2.88. The molecule has 0 fully saturated rings. The largest absolute Gasteiger partial charge is 0.340 e. The molecule has 2 nitrogen and oxygen atoms in total. The first kappa shape index (κ1) is 16.7. The van der Waals surface area contributed by atoms with E-state index in [1.54, 1.807) is 0 Å². The van der Waals surface area contributed by atoms with Crippen LogP contribution in [0, 0.1) is 5.92 Å². The fourth-order valence-corrected chi connectivity index (χ4v) is 2.48. The summed E-state index contributed by atoms with van der Waals surface area (Å²) in [6, 6.07) is 10.8. The van der Waals surface area contributed by atoms with Crippen molar-refractivity contribution in [3.8, 4) is 0 Å². The molecule has 0 bridgehead atoms. The van der Waals surface area contributed by atoms with E-state index in [9.17, 15) is 4.79 Å². The lowest BCUT2D eigenvalue weighted by Crippen LogP contribution is -2.43. The summed E-state index contributed by atoms with van der Waals surface area (Å²) in [5.74, 6) is 0.651. The minimum absolute atomic E-state index is 0.0580. The van der Waals surface area contributed by atoms with E-state index in [4.69, 9.17) is 0 Å². The molecule has 1 atom stereocenters. The van der Waals surface area contributed by atoms with Crippen molar-refractivity contribution < 1.29 is 4.79 Å². The predicted molar refractivity (Wildman–Crippen MR) is 85.8 cm³/mol. The van der Waals surface area contributed by atoms with Gasteiger partial charge in [0.15, 0.2) is 0 Å². The number of hydrogen-bond donors (Lipinski definition) is 0. The van der Waals surface area contributed by atoms with Gasteiger partial charge in [-0.3, -0.25) is 4.79 Å². The topological polar surface area (TPSA) is 20.3 Å². The maximum atomic E-state index is 12.1.